The number of aliphatic hydroxyl groups is 1. The zero-order valence-electron chi connectivity index (χ0n) is 7.88. The zero-order chi connectivity index (χ0) is 11.3. The molecular weight excluding hydrogens is 220 g/mol. The lowest BCUT2D eigenvalue weighted by atomic mass is 9.92. The number of rotatable bonds is 1. The number of aliphatic carboxylic acids is 1. The molecule has 0 radical (unpaired) electrons. The number of thioether (sulfide) groups is 1. The van der Waals surface area contributed by atoms with Gasteiger partial charge < -0.3 is 15.9 Å². The molecule has 0 aromatic carbocycles. The van der Waals surface area contributed by atoms with Crippen LogP contribution in [-0.2, 0) is 9.59 Å². The molecule has 82 valence electrons. The van der Waals surface area contributed by atoms with Crippen molar-refractivity contribution in [3.05, 3.63) is 10.8 Å². The standard InChI is InChI=1S/C8H10N2O4S/c1-2-4-3(9)6(11)10(4)5(7(12)13)8(14)15-2/h2-4,14H,9H2,1H3,(H,12,13). The Kier molecular flexibility index (Phi) is 2.16. The molecule has 1 fully saturated rings. The second-order valence-electron chi connectivity index (χ2n) is 3.51. The van der Waals surface area contributed by atoms with E-state index in [2.05, 4.69) is 0 Å². The normalized spacial score (nSPS) is 34.9. The highest BCUT2D eigenvalue weighted by Gasteiger charge is 2.54. The monoisotopic (exact) mass is 230 g/mol. The number of hydrogen-bond donors (Lipinski definition) is 3. The molecule has 2 rings (SSSR count). The van der Waals surface area contributed by atoms with Crippen molar-refractivity contribution in [2.24, 2.45) is 5.73 Å². The van der Waals surface area contributed by atoms with E-state index < -0.39 is 17.9 Å². The fraction of sp³-hybridized carbons (Fsp3) is 0.500. The Balaban J connectivity index is 2.42. The molecular formula is C8H10N2O4S. The summed E-state index contributed by atoms with van der Waals surface area (Å²) < 4.78 is 0. The van der Waals surface area contributed by atoms with Crippen LogP contribution >= 0.6 is 11.8 Å². The SMILES string of the molecule is CC1SC(O)=C(C(=O)O)N2C(=O)C(N)C12. The Hall–Kier alpha value is -1.21. The molecule has 6 nitrogen and oxygen atoms in total. The molecule has 0 bridgehead atoms. The first-order chi connectivity index (χ1) is 6.95. The average Bonchev–Trinajstić information content (AvgIpc) is 2.15. The highest BCUT2D eigenvalue weighted by atomic mass is 32.2. The van der Waals surface area contributed by atoms with Crippen LogP contribution in [0.2, 0.25) is 0 Å². The van der Waals surface area contributed by atoms with Gasteiger partial charge in [-0.3, -0.25) is 9.69 Å². The number of carbonyl (C=O) groups is 2. The summed E-state index contributed by atoms with van der Waals surface area (Å²) in [5.41, 5.74) is 5.22. The van der Waals surface area contributed by atoms with Crippen molar-refractivity contribution in [1.82, 2.24) is 4.90 Å². The van der Waals surface area contributed by atoms with Gasteiger partial charge in [0.1, 0.15) is 6.04 Å². The van der Waals surface area contributed by atoms with Crippen LogP contribution in [0.25, 0.3) is 0 Å². The van der Waals surface area contributed by atoms with E-state index in [1.807, 2.05) is 0 Å². The molecule has 4 N–H and O–H groups in total. The van der Waals surface area contributed by atoms with E-state index in [0.717, 1.165) is 16.7 Å². The largest absolute Gasteiger partial charge is 0.500 e. The molecule has 3 atom stereocenters. The summed E-state index contributed by atoms with van der Waals surface area (Å²) in [5, 5.41) is 17.9. The van der Waals surface area contributed by atoms with Crippen molar-refractivity contribution in [3.63, 3.8) is 0 Å². The van der Waals surface area contributed by atoms with Crippen molar-refractivity contribution in [2.75, 3.05) is 0 Å². The Morgan fingerprint density at radius 2 is 2.20 bits per heavy atom. The maximum atomic E-state index is 11.4. The van der Waals surface area contributed by atoms with E-state index in [0.29, 0.717) is 0 Å². The molecule has 0 aromatic heterocycles. The van der Waals surface area contributed by atoms with Gasteiger partial charge in [0.15, 0.2) is 10.8 Å². The van der Waals surface area contributed by atoms with Crippen molar-refractivity contribution in [1.29, 1.82) is 0 Å². The van der Waals surface area contributed by atoms with E-state index in [1.54, 1.807) is 6.92 Å². The molecule has 2 heterocycles. The van der Waals surface area contributed by atoms with Crippen LogP contribution in [0.3, 0.4) is 0 Å². The van der Waals surface area contributed by atoms with Gasteiger partial charge in [-0.1, -0.05) is 18.7 Å². The van der Waals surface area contributed by atoms with Crippen molar-refractivity contribution in [2.45, 2.75) is 24.3 Å². The summed E-state index contributed by atoms with van der Waals surface area (Å²) in [6.45, 7) is 1.80. The van der Waals surface area contributed by atoms with Gasteiger partial charge in [-0.25, -0.2) is 4.79 Å². The van der Waals surface area contributed by atoms with Gasteiger partial charge >= 0.3 is 5.97 Å². The number of nitrogens with zero attached hydrogens (tertiary/aromatic N) is 1. The molecule has 2 aliphatic rings. The summed E-state index contributed by atoms with van der Waals surface area (Å²) in [7, 11) is 0. The third kappa shape index (κ3) is 1.23. The van der Waals surface area contributed by atoms with E-state index in [9.17, 15) is 14.7 Å². The lowest BCUT2D eigenvalue weighted by molar-refractivity contribution is -0.151. The topological polar surface area (TPSA) is 104 Å². The highest BCUT2D eigenvalue weighted by molar-refractivity contribution is 8.03. The molecule has 0 saturated carbocycles. The molecule has 7 heteroatoms. The van der Waals surface area contributed by atoms with E-state index in [1.165, 1.54) is 0 Å². The van der Waals surface area contributed by atoms with E-state index in [4.69, 9.17) is 10.8 Å². The van der Waals surface area contributed by atoms with Crippen molar-refractivity contribution >= 4 is 23.6 Å². The summed E-state index contributed by atoms with van der Waals surface area (Å²) in [6.07, 6.45) is 0. The number of carbonyl (C=O) groups excluding carboxylic acids is 1. The molecule has 1 saturated heterocycles. The summed E-state index contributed by atoms with van der Waals surface area (Å²) in [5.74, 6) is -1.76. The average molecular weight is 230 g/mol. The van der Waals surface area contributed by atoms with Gasteiger partial charge in [-0.2, -0.15) is 0 Å². The quantitative estimate of drug-likeness (QED) is 0.523. The molecule has 0 aliphatic carbocycles. The third-order valence-corrected chi connectivity index (χ3v) is 3.68. The fourth-order valence-electron chi connectivity index (χ4n) is 1.89. The van der Waals surface area contributed by atoms with Crippen LogP contribution in [0.1, 0.15) is 6.92 Å². The first kappa shape index (κ1) is 10.3. The van der Waals surface area contributed by atoms with Gasteiger partial charge in [0.25, 0.3) is 0 Å². The number of carboxylic acid groups (broad SMARTS) is 1. The van der Waals surface area contributed by atoms with Crippen molar-refractivity contribution < 1.29 is 19.8 Å². The Labute approximate surface area is 89.7 Å². The highest BCUT2D eigenvalue weighted by Crippen LogP contribution is 2.41. The number of fused-ring (bicyclic) bond motifs is 1. The maximum Gasteiger partial charge on any atom is 0.357 e. The summed E-state index contributed by atoms with van der Waals surface area (Å²) in [4.78, 5) is 23.3. The predicted octanol–water partition coefficient (Wildman–Crippen LogP) is -0.528. The van der Waals surface area contributed by atoms with Gasteiger partial charge in [-0.15, -0.1) is 0 Å². The Morgan fingerprint density at radius 1 is 1.60 bits per heavy atom. The van der Waals surface area contributed by atoms with Gasteiger partial charge in [0.2, 0.25) is 5.91 Å². The van der Waals surface area contributed by atoms with Gasteiger partial charge in [-0.05, 0) is 0 Å². The van der Waals surface area contributed by atoms with E-state index >= 15 is 0 Å². The second kappa shape index (κ2) is 3.14. The Bertz CT molecular complexity index is 381. The van der Waals surface area contributed by atoms with Crippen LogP contribution < -0.4 is 5.73 Å². The predicted molar refractivity (Wildman–Crippen MR) is 53.0 cm³/mol. The zero-order valence-corrected chi connectivity index (χ0v) is 8.69. The molecule has 0 aromatic rings. The smallest absolute Gasteiger partial charge is 0.357 e. The van der Waals surface area contributed by atoms with Crippen LogP contribution in [0, 0.1) is 0 Å². The lowest BCUT2D eigenvalue weighted by Gasteiger charge is -2.50. The van der Waals surface area contributed by atoms with Crippen LogP contribution in [0.5, 0.6) is 0 Å². The summed E-state index contributed by atoms with van der Waals surface area (Å²) in [6, 6.07) is -0.987. The van der Waals surface area contributed by atoms with Crippen LogP contribution in [0.4, 0.5) is 0 Å². The number of hydrogen-bond acceptors (Lipinski definition) is 5. The first-order valence-corrected chi connectivity index (χ1v) is 5.25. The maximum absolute atomic E-state index is 11.4. The number of nitrogens with two attached hydrogens (primary N) is 1. The molecule has 0 spiro atoms. The molecule has 3 unspecified atom stereocenters. The van der Waals surface area contributed by atoms with Crippen molar-refractivity contribution in [3.8, 4) is 0 Å². The first-order valence-electron chi connectivity index (χ1n) is 4.37. The summed E-state index contributed by atoms with van der Waals surface area (Å²) >= 11 is 1.03. The molecule has 15 heavy (non-hydrogen) atoms. The van der Waals surface area contributed by atoms with Gasteiger partial charge in [0.05, 0.1) is 6.04 Å². The fourth-order valence-corrected chi connectivity index (χ4v) is 2.97. The van der Waals surface area contributed by atoms with E-state index in [-0.39, 0.29) is 22.1 Å². The number of aliphatic hydroxyl groups excluding tert-OH is 1. The lowest BCUT2D eigenvalue weighted by Crippen LogP contribution is -2.72. The van der Waals surface area contributed by atoms with Crippen LogP contribution in [0.15, 0.2) is 10.8 Å². The molecule has 1 amide bonds. The number of carboxylic acids is 1. The number of amides is 1. The minimum atomic E-state index is -1.31. The second-order valence-corrected chi connectivity index (χ2v) is 4.87. The van der Waals surface area contributed by atoms with Crippen LogP contribution in [-0.4, -0.2) is 44.3 Å². The molecule has 2 aliphatic heterocycles. The Morgan fingerprint density at radius 3 is 2.73 bits per heavy atom. The third-order valence-electron chi connectivity index (χ3n) is 2.61. The minimum Gasteiger partial charge on any atom is -0.500 e. The number of β-lactam (4-membered cyclic amide) rings is 1. The van der Waals surface area contributed by atoms with Gasteiger partial charge in [0, 0.05) is 5.25 Å². The minimum absolute atomic E-state index is 0.0965.